The van der Waals surface area contributed by atoms with Crippen molar-refractivity contribution >= 4 is 22.5 Å². The quantitative estimate of drug-likeness (QED) is 0.469. The molecule has 0 unspecified atom stereocenters. The van der Waals surface area contributed by atoms with Gasteiger partial charge in [-0.05, 0) is 24.3 Å². The molecule has 150 valence electrons. The van der Waals surface area contributed by atoms with Crippen LogP contribution in [-0.4, -0.2) is 24.1 Å². The molecule has 0 N–H and O–H groups in total. The van der Waals surface area contributed by atoms with Gasteiger partial charge in [0.25, 0.3) is 5.56 Å². The lowest BCUT2D eigenvalue weighted by Gasteiger charge is -2.12. The van der Waals surface area contributed by atoms with Crippen molar-refractivity contribution in [3.8, 4) is 11.7 Å². The van der Waals surface area contributed by atoms with Crippen LogP contribution in [0.2, 0.25) is 0 Å². The zero-order chi connectivity index (χ0) is 20.8. The Morgan fingerprint density at radius 2 is 1.90 bits per heavy atom. The molecule has 0 atom stereocenters. The standard InChI is InChI=1S/C17H11F4N5O2S/c1-25-8-22-13-14(25)24-16(26(15(13)27)10-4-2-9(18)3-5-10)28-6-12-23-11(7-29-12)17(19,20)21/h2-5,7-8H,6H2,1H3. The number of imidazole rings is 1. The third kappa shape index (κ3) is 3.58. The van der Waals surface area contributed by atoms with Gasteiger partial charge in [0.1, 0.15) is 17.4 Å². The summed E-state index contributed by atoms with van der Waals surface area (Å²) in [5.74, 6) is -0.501. The lowest BCUT2D eigenvalue weighted by Crippen LogP contribution is -2.22. The molecule has 0 aliphatic carbocycles. The van der Waals surface area contributed by atoms with Crippen LogP contribution < -0.4 is 10.3 Å². The van der Waals surface area contributed by atoms with Gasteiger partial charge in [0.2, 0.25) is 0 Å². The largest absolute Gasteiger partial charge is 0.457 e. The van der Waals surface area contributed by atoms with Gasteiger partial charge in [-0.1, -0.05) is 0 Å². The SMILES string of the molecule is Cn1cnc2c(=O)n(-c3ccc(F)cc3)c(OCc3nc(C(F)(F)F)cs3)nc21. The highest BCUT2D eigenvalue weighted by Crippen LogP contribution is 2.30. The van der Waals surface area contributed by atoms with Gasteiger partial charge in [0.05, 0.1) is 12.0 Å². The van der Waals surface area contributed by atoms with Crippen LogP contribution >= 0.6 is 11.3 Å². The average molecular weight is 425 g/mol. The molecule has 0 radical (unpaired) electrons. The van der Waals surface area contributed by atoms with Gasteiger partial charge in [-0.15, -0.1) is 11.3 Å². The summed E-state index contributed by atoms with van der Waals surface area (Å²) in [6, 6.07) is 4.84. The molecule has 0 bridgehead atoms. The Morgan fingerprint density at radius 3 is 2.55 bits per heavy atom. The summed E-state index contributed by atoms with van der Waals surface area (Å²) in [4.78, 5) is 24.7. The van der Waals surface area contributed by atoms with Crippen molar-refractivity contribution in [1.29, 1.82) is 0 Å². The molecule has 0 saturated carbocycles. The Hall–Kier alpha value is -3.28. The lowest BCUT2D eigenvalue weighted by molar-refractivity contribution is -0.140. The van der Waals surface area contributed by atoms with Crippen LogP contribution in [0.25, 0.3) is 16.9 Å². The second-order valence-electron chi connectivity index (χ2n) is 5.95. The molecule has 4 rings (SSSR count). The smallest absolute Gasteiger partial charge is 0.434 e. The maximum atomic E-state index is 13.3. The van der Waals surface area contributed by atoms with Crippen molar-refractivity contribution in [2.24, 2.45) is 7.05 Å². The summed E-state index contributed by atoms with van der Waals surface area (Å²) in [6.07, 6.45) is -3.16. The molecule has 0 spiro atoms. The van der Waals surface area contributed by atoms with E-state index in [1.165, 1.54) is 23.0 Å². The summed E-state index contributed by atoms with van der Waals surface area (Å²) in [5.41, 5.74) is -1.02. The van der Waals surface area contributed by atoms with Crippen LogP contribution in [-0.2, 0) is 19.8 Å². The molecule has 0 saturated heterocycles. The molecular weight excluding hydrogens is 414 g/mol. The molecule has 0 aliphatic heterocycles. The van der Waals surface area contributed by atoms with Gasteiger partial charge in [-0.3, -0.25) is 4.79 Å². The van der Waals surface area contributed by atoms with E-state index in [2.05, 4.69) is 15.0 Å². The van der Waals surface area contributed by atoms with Crippen LogP contribution in [0.5, 0.6) is 6.01 Å². The first-order chi connectivity index (χ1) is 13.7. The minimum absolute atomic E-state index is 0.0577. The second kappa shape index (κ2) is 6.95. The van der Waals surface area contributed by atoms with Crippen LogP contribution in [0.15, 0.2) is 40.8 Å². The van der Waals surface area contributed by atoms with E-state index in [1.807, 2.05) is 0 Å². The van der Waals surface area contributed by atoms with E-state index in [1.54, 1.807) is 7.05 Å². The monoisotopic (exact) mass is 425 g/mol. The van der Waals surface area contributed by atoms with E-state index in [0.717, 1.165) is 33.4 Å². The zero-order valence-corrected chi connectivity index (χ0v) is 15.5. The molecular formula is C17H11F4N5O2S. The fourth-order valence-corrected chi connectivity index (χ4v) is 3.30. The first kappa shape index (κ1) is 19.1. The predicted octanol–water partition coefficient (Wildman–Crippen LogP) is 3.31. The number of benzene rings is 1. The van der Waals surface area contributed by atoms with E-state index in [4.69, 9.17) is 4.74 Å². The minimum Gasteiger partial charge on any atom is -0.457 e. The molecule has 0 aliphatic rings. The highest BCUT2D eigenvalue weighted by Gasteiger charge is 2.33. The number of hydrogen-bond donors (Lipinski definition) is 0. The number of fused-ring (bicyclic) bond motifs is 1. The summed E-state index contributed by atoms with van der Waals surface area (Å²) < 4.78 is 59.6. The number of nitrogens with zero attached hydrogens (tertiary/aromatic N) is 5. The van der Waals surface area contributed by atoms with Crippen molar-refractivity contribution in [3.05, 3.63) is 62.8 Å². The summed E-state index contributed by atoms with van der Waals surface area (Å²) in [6.45, 7) is -0.336. The van der Waals surface area contributed by atoms with Crippen LogP contribution in [0.3, 0.4) is 0 Å². The molecule has 0 amide bonds. The number of thiazole rings is 1. The lowest BCUT2D eigenvalue weighted by atomic mass is 10.3. The normalized spacial score (nSPS) is 11.9. The number of hydrogen-bond acceptors (Lipinski definition) is 6. The summed E-state index contributed by atoms with van der Waals surface area (Å²) in [7, 11) is 1.63. The number of alkyl halides is 3. The van der Waals surface area contributed by atoms with E-state index < -0.39 is 23.2 Å². The van der Waals surface area contributed by atoms with Crippen LogP contribution in [0.1, 0.15) is 10.7 Å². The molecule has 0 fully saturated rings. The predicted molar refractivity (Wildman–Crippen MR) is 95.5 cm³/mol. The topological polar surface area (TPSA) is 74.8 Å². The van der Waals surface area contributed by atoms with E-state index in [9.17, 15) is 22.4 Å². The van der Waals surface area contributed by atoms with E-state index in [0.29, 0.717) is 0 Å². The first-order valence-corrected chi connectivity index (χ1v) is 8.96. The Balaban J connectivity index is 1.76. The molecule has 29 heavy (non-hydrogen) atoms. The Bertz CT molecular complexity index is 1240. The van der Waals surface area contributed by atoms with Gasteiger partial charge in [-0.2, -0.15) is 18.2 Å². The number of ether oxygens (including phenoxy) is 1. The molecule has 12 heteroatoms. The van der Waals surface area contributed by atoms with Crippen molar-refractivity contribution in [2.45, 2.75) is 12.8 Å². The van der Waals surface area contributed by atoms with Gasteiger partial charge in [-0.25, -0.2) is 18.9 Å². The van der Waals surface area contributed by atoms with Crippen LogP contribution in [0, 0.1) is 5.82 Å². The highest BCUT2D eigenvalue weighted by atomic mass is 32.1. The highest BCUT2D eigenvalue weighted by molar-refractivity contribution is 7.09. The van der Waals surface area contributed by atoms with Crippen molar-refractivity contribution in [1.82, 2.24) is 24.1 Å². The number of halogens is 4. The zero-order valence-electron chi connectivity index (χ0n) is 14.6. The van der Waals surface area contributed by atoms with Crippen LogP contribution in [0.4, 0.5) is 17.6 Å². The maximum Gasteiger partial charge on any atom is 0.434 e. The molecule has 4 aromatic rings. The Morgan fingerprint density at radius 1 is 1.17 bits per heavy atom. The maximum absolute atomic E-state index is 13.3. The minimum atomic E-state index is -4.56. The molecule has 7 nitrogen and oxygen atoms in total. The molecule has 3 heterocycles. The Labute approximate surface area is 163 Å². The molecule has 3 aromatic heterocycles. The van der Waals surface area contributed by atoms with Crippen molar-refractivity contribution < 1.29 is 22.3 Å². The van der Waals surface area contributed by atoms with Gasteiger partial charge in [0, 0.05) is 12.4 Å². The van der Waals surface area contributed by atoms with Gasteiger partial charge < -0.3 is 9.30 Å². The fourth-order valence-electron chi connectivity index (χ4n) is 2.59. The van der Waals surface area contributed by atoms with E-state index in [-0.39, 0.29) is 34.5 Å². The van der Waals surface area contributed by atoms with Gasteiger partial charge >= 0.3 is 12.2 Å². The third-order valence-corrected chi connectivity index (χ3v) is 4.78. The first-order valence-electron chi connectivity index (χ1n) is 8.08. The van der Waals surface area contributed by atoms with Crippen molar-refractivity contribution in [2.75, 3.05) is 0 Å². The summed E-state index contributed by atoms with van der Waals surface area (Å²) in [5, 5.41) is 0.936. The number of aryl methyl sites for hydroxylation is 1. The number of aromatic nitrogens is 5. The fraction of sp³-hybridized carbons (Fsp3) is 0.176. The second-order valence-corrected chi connectivity index (χ2v) is 6.89. The number of rotatable bonds is 4. The molecule has 1 aromatic carbocycles. The van der Waals surface area contributed by atoms with E-state index >= 15 is 0 Å². The Kier molecular flexibility index (Phi) is 4.57. The van der Waals surface area contributed by atoms with Crippen molar-refractivity contribution in [3.63, 3.8) is 0 Å². The third-order valence-electron chi connectivity index (χ3n) is 3.96. The summed E-state index contributed by atoms with van der Waals surface area (Å²) >= 11 is 0.774. The average Bonchev–Trinajstić information content (AvgIpc) is 3.29. The van der Waals surface area contributed by atoms with Gasteiger partial charge in [0.15, 0.2) is 16.9 Å².